The van der Waals surface area contributed by atoms with Crippen molar-refractivity contribution in [1.82, 2.24) is 9.97 Å². The lowest BCUT2D eigenvalue weighted by atomic mass is 10.1. The van der Waals surface area contributed by atoms with Crippen molar-refractivity contribution in [2.24, 2.45) is 0 Å². The van der Waals surface area contributed by atoms with Gasteiger partial charge < -0.3 is 0 Å². The molecular weight excluding hydrogens is 338 g/mol. The van der Waals surface area contributed by atoms with E-state index in [9.17, 15) is 13.2 Å². The summed E-state index contributed by atoms with van der Waals surface area (Å²) in [7, 11) is -3.84. The Morgan fingerprint density at radius 1 is 0.920 bits per heavy atom. The van der Waals surface area contributed by atoms with E-state index in [1.165, 1.54) is 18.2 Å². The summed E-state index contributed by atoms with van der Waals surface area (Å²) < 4.78 is 27.2. The van der Waals surface area contributed by atoms with E-state index in [1.807, 2.05) is 38.1 Å². The van der Waals surface area contributed by atoms with Crippen molar-refractivity contribution >= 4 is 16.0 Å². The Kier molecular flexibility index (Phi) is 4.41. The van der Waals surface area contributed by atoms with Crippen LogP contribution in [0.3, 0.4) is 0 Å². The molecule has 0 fully saturated rings. The van der Waals surface area contributed by atoms with Gasteiger partial charge in [0.1, 0.15) is 0 Å². The predicted octanol–water partition coefficient (Wildman–Crippen LogP) is 2.85. The predicted molar refractivity (Wildman–Crippen MR) is 97.0 cm³/mol. The SMILES string of the molecule is Cc1ccc(-c2cc(=O)[nH]c(NS(=O)(=O)c3ccc(C)cc3)n2)cc1. The monoisotopic (exact) mass is 355 g/mol. The Morgan fingerprint density at radius 3 is 2.08 bits per heavy atom. The second kappa shape index (κ2) is 6.52. The zero-order valence-electron chi connectivity index (χ0n) is 13.8. The molecule has 0 unspecified atom stereocenters. The van der Waals surface area contributed by atoms with Gasteiger partial charge in [0, 0.05) is 11.6 Å². The standard InChI is InChI=1S/C18H17N3O3S/c1-12-3-7-14(8-4-12)16-11-17(22)20-18(19-16)21-25(23,24)15-9-5-13(2)6-10-15/h3-11H,1-2H3,(H2,19,20,21,22). The molecule has 0 aliphatic heterocycles. The van der Waals surface area contributed by atoms with E-state index < -0.39 is 15.6 Å². The Labute approximate surface area is 145 Å². The van der Waals surface area contributed by atoms with Gasteiger partial charge in [0.05, 0.1) is 10.6 Å². The van der Waals surface area contributed by atoms with Gasteiger partial charge in [0.25, 0.3) is 15.6 Å². The molecule has 1 aromatic heterocycles. The van der Waals surface area contributed by atoms with Gasteiger partial charge in [-0.05, 0) is 26.0 Å². The summed E-state index contributed by atoms with van der Waals surface area (Å²) in [4.78, 5) is 18.6. The minimum absolute atomic E-state index is 0.0986. The number of aromatic nitrogens is 2. The molecule has 0 saturated carbocycles. The fraction of sp³-hybridized carbons (Fsp3) is 0.111. The fourth-order valence-electron chi connectivity index (χ4n) is 2.28. The van der Waals surface area contributed by atoms with Crippen LogP contribution in [0.1, 0.15) is 11.1 Å². The number of hydrogen-bond acceptors (Lipinski definition) is 4. The molecule has 0 aliphatic rings. The Balaban J connectivity index is 1.96. The first-order valence-electron chi connectivity index (χ1n) is 7.61. The quantitative estimate of drug-likeness (QED) is 0.753. The molecule has 2 aromatic carbocycles. The van der Waals surface area contributed by atoms with Crippen LogP contribution in [0.25, 0.3) is 11.3 Å². The van der Waals surface area contributed by atoms with Crippen LogP contribution in [0.5, 0.6) is 0 Å². The van der Waals surface area contributed by atoms with Crippen LogP contribution in [-0.4, -0.2) is 18.4 Å². The smallest absolute Gasteiger partial charge is 0.264 e. The number of aromatic amines is 1. The maximum absolute atomic E-state index is 12.4. The maximum atomic E-state index is 12.4. The minimum Gasteiger partial charge on any atom is -0.292 e. The third kappa shape index (κ3) is 3.95. The normalized spacial score (nSPS) is 11.3. The van der Waals surface area contributed by atoms with Crippen LogP contribution < -0.4 is 10.3 Å². The van der Waals surface area contributed by atoms with Crippen molar-refractivity contribution in [2.75, 3.05) is 4.72 Å². The lowest BCUT2D eigenvalue weighted by molar-refractivity contribution is 0.601. The van der Waals surface area contributed by atoms with E-state index in [-0.39, 0.29) is 10.8 Å². The summed E-state index contributed by atoms with van der Waals surface area (Å²) >= 11 is 0. The zero-order valence-corrected chi connectivity index (χ0v) is 14.6. The molecule has 6 nitrogen and oxygen atoms in total. The molecule has 0 amide bonds. The van der Waals surface area contributed by atoms with E-state index in [0.717, 1.165) is 16.7 Å². The summed E-state index contributed by atoms with van der Waals surface area (Å²) in [5, 5.41) is 0. The number of H-pyrrole nitrogens is 1. The summed E-state index contributed by atoms with van der Waals surface area (Å²) in [6.07, 6.45) is 0. The van der Waals surface area contributed by atoms with Gasteiger partial charge in [-0.2, -0.15) is 0 Å². The molecule has 0 bridgehead atoms. The van der Waals surface area contributed by atoms with Crippen LogP contribution in [0.4, 0.5) is 5.95 Å². The molecule has 3 rings (SSSR count). The van der Waals surface area contributed by atoms with Crippen LogP contribution in [0, 0.1) is 13.8 Å². The zero-order chi connectivity index (χ0) is 18.0. The molecule has 1 heterocycles. The van der Waals surface area contributed by atoms with Crippen molar-refractivity contribution < 1.29 is 8.42 Å². The first-order valence-corrected chi connectivity index (χ1v) is 9.10. The summed E-state index contributed by atoms with van der Waals surface area (Å²) in [6.45, 7) is 3.82. The number of anilines is 1. The highest BCUT2D eigenvalue weighted by Crippen LogP contribution is 2.18. The highest BCUT2D eigenvalue weighted by atomic mass is 32.2. The number of sulfonamides is 1. The maximum Gasteiger partial charge on any atom is 0.264 e. The molecule has 0 atom stereocenters. The van der Waals surface area contributed by atoms with Crippen LogP contribution in [0.2, 0.25) is 0 Å². The van der Waals surface area contributed by atoms with Crippen molar-refractivity contribution in [3.05, 3.63) is 76.1 Å². The number of rotatable bonds is 4. The first kappa shape index (κ1) is 16.9. The van der Waals surface area contributed by atoms with E-state index in [1.54, 1.807) is 12.1 Å². The Morgan fingerprint density at radius 2 is 1.48 bits per heavy atom. The molecule has 0 spiro atoms. The second-order valence-corrected chi connectivity index (χ2v) is 7.45. The molecule has 128 valence electrons. The van der Waals surface area contributed by atoms with Crippen molar-refractivity contribution in [3.8, 4) is 11.3 Å². The van der Waals surface area contributed by atoms with Gasteiger partial charge in [-0.1, -0.05) is 47.5 Å². The average Bonchev–Trinajstić information content (AvgIpc) is 2.55. The summed E-state index contributed by atoms with van der Waals surface area (Å²) in [6, 6.07) is 15.2. The number of nitrogens with one attached hydrogen (secondary N) is 2. The van der Waals surface area contributed by atoms with Crippen molar-refractivity contribution in [1.29, 1.82) is 0 Å². The van der Waals surface area contributed by atoms with E-state index >= 15 is 0 Å². The molecule has 0 aliphatic carbocycles. The van der Waals surface area contributed by atoms with Crippen molar-refractivity contribution in [3.63, 3.8) is 0 Å². The van der Waals surface area contributed by atoms with E-state index in [0.29, 0.717) is 5.69 Å². The molecule has 0 saturated heterocycles. The Bertz CT molecular complexity index is 1050. The van der Waals surface area contributed by atoms with E-state index in [4.69, 9.17) is 0 Å². The number of nitrogens with zero attached hydrogens (tertiary/aromatic N) is 1. The Hall–Kier alpha value is -2.93. The molecule has 2 N–H and O–H groups in total. The third-order valence-electron chi connectivity index (χ3n) is 3.65. The molecule has 0 radical (unpaired) electrons. The first-order chi connectivity index (χ1) is 11.8. The number of aryl methyl sites for hydroxylation is 2. The van der Waals surface area contributed by atoms with Gasteiger partial charge in [0.2, 0.25) is 5.95 Å². The van der Waals surface area contributed by atoms with Gasteiger partial charge in [-0.3, -0.25) is 9.78 Å². The molecule has 7 heteroatoms. The number of hydrogen-bond donors (Lipinski definition) is 2. The van der Waals surface area contributed by atoms with Crippen molar-refractivity contribution in [2.45, 2.75) is 18.7 Å². The summed E-state index contributed by atoms with van der Waals surface area (Å²) in [5.41, 5.74) is 2.71. The topological polar surface area (TPSA) is 91.9 Å². The highest BCUT2D eigenvalue weighted by molar-refractivity contribution is 7.92. The molecule has 25 heavy (non-hydrogen) atoms. The van der Waals surface area contributed by atoms with E-state index in [2.05, 4.69) is 14.7 Å². The number of benzene rings is 2. The fourth-order valence-corrected chi connectivity index (χ4v) is 3.25. The van der Waals surface area contributed by atoms with Gasteiger partial charge in [-0.25, -0.2) is 18.1 Å². The van der Waals surface area contributed by atoms with Crippen LogP contribution in [0.15, 0.2) is 64.3 Å². The van der Waals surface area contributed by atoms with Gasteiger partial charge >= 0.3 is 0 Å². The highest BCUT2D eigenvalue weighted by Gasteiger charge is 2.16. The van der Waals surface area contributed by atoms with Crippen LogP contribution >= 0.6 is 0 Å². The van der Waals surface area contributed by atoms with Gasteiger partial charge in [-0.15, -0.1) is 0 Å². The lowest BCUT2D eigenvalue weighted by Gasteiger charge is -2.09. The lowest BCUT2D eigenvalue weighted by Crippen LogP contribution is -2.18. The van der Waals surface area contributed by atoms with Crippen LogP contribution in [-0.2, 0) is 10.0 Å². The largest absolute Gasteiger partial charge is 0.292 e. The average molecular weight is 355 g/mol. The second-order valence-electron chi connectivity index (χ2n) is 5.76. The van der Waals surface area contributed by atoms with Gasteiger partial charge in [0.15, 0.2) is 0 Å². The third-order valence-corrected chi connectivity index (χ3v) is 5.01. The molecular formula is C18H17N3O3S. The summed E-state index contributed by atoms with van der Waals surface area (Å²) in [5.74, 6) is -0.122. The molecule has 3 aromatic rings. The minimum atomic E-state index is -3.84.